The van der Waals surface area contributed by atoms with Gasteiger partial charge in [-0.2, -0.15) is 0 Å². The van der Waals surface area contributed by atoms with Crippen molar-refractivity contribution in [2.45, 2.75) is 102 Å². The van der Waals surface area contributed by atoms with Crippen LogP contribution in [0.2, 0.25) is 10.0 Å². The zero-order valence-electron chi connectivity index (χ0n) is 70.5. The van der Waals surface area contributed by atoms with Crippen molar-refractivity contribution >= 4 is 140 Å². The number of hydrogen-bond donors (Lipinski definition) is 6. The van der Waals surface area contributed by atoms with E-state index < -0.39 is 101 Å². The molecule has 8 aromatic carbocycles. The number of anilines is 2. The van der Waals surface area contributed by atoms with Gasteiger partial charge >= 0.3 is 12.1 Å². The second-order valence-corrected chi connectivity index (χ2v) is 32.4. The van der Waals surface area contributed by atoms with Crippen molar-refractivity contribution in [1.29, 1.82) is 0 Å². The highest BCUT2D eigenvalue weighted by Gasteiger charge is 2.50. The number of fused-ring (bicyclic) bond motifs is 5. The van der Waals surface area contributed by atoms with E-state index >= 15 is 0 Å². The summed E-state index contributed by atoms with van der Waals surface area (Å²) in [5.74, 6) is -5.63. The van der Waals surface area contributed by atoms with E-state index in [1.807, 2.05) is 42.5 Å². The van der Waals surface area contributed by atoms with E-state index in [1.54, 1.807) is 150 Å². The molecule has 0 saturated carbocycles. The average Bonchev–Trinajstić information content (AvgIpc) is 1.62. The fourth-order valence-electron chi connectivity index (χ4n) is 16.4. The zero-order valence-corrected chi connectivity index (χ0v) is 72.1. The molecule has 17 rings (SSSR count). The second-order valence-electron chi connectivity index (χ2n) is 31.6. The number of carbonyl (C=O) groups excluding carboxylic acids is 16. The second kappa shape index (κ2) is 37.8. The van der Waals surface area contributed by atoms with Gasteiger partial charge in [-0.05, 0) is 158 Å². The van der Waals surface area contributed by atoms with Crippen molar-refractivity contribution < 1.29 is 85.9 Å². The minimum Gasteiger partial charge on any atom is -0.497 e. The van der Waals surface area contributed by atoms with E-state index in [0.717, 1.165) is 30.4 Å². The van der Waals surface area contributed by atoms with Gasteiger partial charge in [0.05, 0.1) is 73.6 Å². The minimum atomic E-state index is -0.897. The lowest BCUT2D eigenvalue weighted by Crippen LogP contribution is -2.51. The topological polar surface area (TPSA) is 394 Å². The van der Waals surface area contributed by atoms with Crippen LogP contribution in [-0.2, 0) is 45.4 Å². The Balaban J connectivity index is 0.000000139. The Morgan fingerprint density at radius 1 is 0.403 bits per heavy atom. The molecule has 6 N–H and O–H groups in total. The number of benzene rings is 8. The number of piperidine rings is 4. The summed E-state index contributed by atoms with van der Waals surface area (Å²) in [6.45, 7) is 15.4. The molecule has 0 spiro atoms. The zero-order chi connectivity index (χ0) is 92.2. The van der Waals surface area contributed by atoms with Crippen LogP contribution in [0.15, 0.2) is 230 Å². The number of halogens is 2. The molecule has 0 bridgehead atoms. The Morgan fingerprint density at radius 2 is 0.767 bits per heavy atom. The molecular weight excluding hydrogens is 1700 g/mol. The number of rotatable bonds is 17. The van der Waals surface area contributed by atoms with Crippen LogP contribution in [0.25, 0.3) is 10.8 Å². The Hall–Kier alpha value is -15.4. The molecular formula is C95H86Cl2N14O18. The third-order valence-corrected chi connectivity index (χ3v) is 23.7. The number of urea groups is 2. The monoisotopic (exact) mass is 1780 g/mol. The van der Waals surface area contributed by atoms with Gasteiger partial charge in [-0.1, -0.05) is 141 Å². The number of amides is 18. The van der Waals surface area contributed by atoms with E-state index in [4.69, 9.17) is 32.4 Å². The summed E-state index contributed by atoms with van der Waals surface area (Å²) >= 11 is 11.9. The van der Waals surface area contributed by atoms with Crippen LogP contribution in [0.5, 0.6) is 5.75 Å². The van der Waals surface area contributed by atoms with E-state index in [0.29, 0.717) is 129 Å². The van der Waals surface area contributed by atoms with Gasteiger partial charge in [0.25, 0.3) is 59.1 Å². The number of methoxy groups -OCH3 is 1. The molecule has 1 aromatic heterocycles. The molecule has 32 nitrogen and oxygen atoms in total. The van der Waals surface area contributed by atoms with Crippen LogP contribution >= 0.6 is 23.2 Å². The Labute approximate surface area is 749 Å². The van der Waals surface area contributed by atoms with Gasteiger partial charge in [-0.15, -0.1) is 0 Å². The molecule has 9 heterocycles. The largest absolute Gasteiger partial charge is 0.497 e. The van der Waals surface area contributed by atoms with Crippen LogP contribution in [0.4, 0.5) is 21.0 Å². The molecule has 18 amide bonds. The summed E-state index contributed by atoms with van der Waals surface area (Å²) in [5.41, 5.74) is 7.83. The smallest absolute Gasteiger partial charge is 0.321 e. The molecule has 8 aliphatic heterocycles. The van der Waals surface area contributed by atoms with E-state index in [9.17, 15) is 76.7 Å². The van der Waals surface area contributed by atoms with E-state index in [2.05, 4.69) is 58.2 Å². The van der Waals surface area contributed by atoms with E-state index in [1.165, 1.54) is 39.0 Å². The molecule has 4 atom stereocenters. The molecule has 658 valence electrons. The Kier molecular flexibility index (Phi) is 26.3. The maximum absolute atomic E-state index is 13.3. The maximum atomic E-state index is 13.3. The maximum Gasteiger partial charge on any atom is 0.321 e. The summed E-state index contributed by atoms with van der Waals surface area (Å²) in [6.07, 6.45) is 4.69. The first kappa shape index (κ1) is 89.8. The van der Waals surface area contributed by atoms with Crippen molar-refractivity contribution in [3.05, 3.63) is 313 Å². The van der Waals surface area contributed by atoms with Gasteiger partial charge in [0, 0.05) is 93.8 Å². The molecule has 129 heavy (non-hydrogen) atoms. The number of nitrogens with zero attached hydrogens (tertiary/aromatic N) is 8. The van der Waals surface area contributed by atoms with Crippen molar-refractivity contribution in [2.75, 3.05) is 45.9 Å². The highest BCUT2D eigenvalue weighted by Crippen LogP contribution is 2.38. The molecule has 8 aliphatic rings. The Morgan fingerprint density at radius 3 is 1.15 bits per heavy atom. The number of imide groups is 4. The van der Waals surface area contributed by atoms with Crippen LogP contribution in [0.3, 0.4) is 0 Å². The summed E-state index contributed by atoms with van der Waals surface area (Å²) in [7, 11) is 7.92. The quantitative estimate of drug-likeness (QED) is 0.0461. The first-order chi connectivity index (χ1) is 61.7. The van der Waals surface area contributed by atoms with Crippen molar-refractivity contribution in [2.24, 2.45) is 0 Å². The average molecular weight is 1780 g/mol. The molecule has 0 aliphatic carbocycles. The van der Waals surface area contributed by atoms with Gasteiger partial charge in [0.2, 0.25) is 23.6 Å². The molecule has 4 unspecified atom stereocenters. The van der Waals surface area contributed by atoms with Gasteiger partial charge in [-0.25, -0.2) is 9.59 Å². The number of allylic oxidation sites excluding steroid dienone is 4. The van der Waals surface area contributed by atoms with Crippen LogP contribution in [0, 0.1) is 0 Å². The number of nitrogens with one attached hydrogen (secondary N) is 6. The van der Waals surface area contributed by atoms with Gasteiger partial charge in [0.1, 0.15) is 29.9 Å². The Bertz CT molecular complexity index is 6320. The third kappa shape index (κ3) is 18.4. The SMILES string of the molecule is C=C1CCC(N2C(=O)c3cccc(CN(C)C(=O)Nc4ccc(Cl)c(Cl)c4)c3C2=O)C(=O)N1.C=C1CCC(N2C(=O)c3cccc(CN(C)C(=O)Nc4cccc5ccccc45)c3C2=O)C(=O)N1.C=C1CCC(N2C(=O)c3cccc(CN(C)C(=O)c4cccc(OC)c4)c3C2=O)C(=O)N1.C=C1CCC(N2C(=O)c3cccc(CN(C)C(=O)c4ccco4)c3C2=O)C(=O)N1. The molecule has 34 heteroatoms. The van der Waals surface area contributed by atoms with Crippen molar-refractivity contribution in [3.8, 4) is 5.75 Å². The lowest BCUT2D eigenvalue weighted by Gasteiger charge is -2.29. The first-order valence-corrected chi connectivity index (χ1v) is 41.6. The summed E-state index contributed by atoms with van der Waals surface area (Å²) in [4.78, 5) is 215. The van der Waals surface area contributed by atoms with Gasteiger partial charge in [-0.3, -0.25) is 86.7 Å². The fourth-order valence-corrected chi connectivity index (χ4v) is 16.7. The molecule has 4 saturated heterocycles. The summed E-state index contributed by atoms with van der Waals surface area (Å²) in [6, 6.07) is 43.5. The number of carbonyl (C=O) groups is 16. The van der Waals surface area contributed by atoms with Crippen LogP contribution < -0.4 is 36.6 Å². The molecule has 4 fully saturated rings. The van der Waals surface area contributed by atoms with Gasteiger partial charge < -0.3 is 60.7 Å². The van der Waals surface area contributed by atoms with Gasteiger partial charge in [0.15, 0.2) is 5.76 Å². The lowest BCUT2D eigenvalue weighted by atomic mass is 10.0. The number of ether oxygens (including phenoxy) is 1. The summed E-state index contributed by atoms with van der Waals surface area (Å²) < 4.78 is 10.3. The predicted molar refractivity (Wildman–Crippen MR) is 474 cm³/mol. The highest BCUT2D eigenvalue weighted by atomic mass is 35.5. The van der Waals surface area contributed by atoms with Crippen LogP contribution in [-0.4, -0.2) is 193 Å². The normalized spacial score (nSPS) is 17.9. The minimum absolute atomic E-state index is 0.0663. The molecule has 9 aromatic rings. The highest BCUT2D eigenvalue weighted by molar-refractivity contribution is 6.42. The number of furan rings is 1. The summed E-state index contributed by atoms with van der Waals surface area (Å²) in [5, 5.41) is 18.7. The fraction of sp³-hybridized carbons (Fsp3) is 0.221. The molecule has 0 radical (unpaired) electrons. The lowest BCUT2D eigenvalue weighted by molar-refractivity contribution is -0.126. The number of hydrogen-bond acceptors (Lipinski definition) is 18. The first-order valence-electron chi connectivity index (χ1n) is 40.8. The van der Waals surface area contributed by atoms with Crippen LogP contribution in [0.1, 0.15) is 177 Å². The van der Waals surface area contributed by atoms with E-state index in [-0.39, 0.29) is 94.3 Å². The third-order valence-electron chi connectivity index (χ3n) is 22.9. The van der Waals surface area contributed by atoms with Crippen molar-refractivity contribution in [1.82, 2.24) is 60.5 Å². The van der Waals surface area contributed by atoms with Crippen molar-refractivity contribution in [3.63, 3.8) is 0 Å². The predicted octanol–water partition coefficient (Wildman–Crippen LogP) is 12.2. The standard InChI is InChI=1S/C27H24N4O4.C24H23N3O5.C23H20Cl2N4O4.C21H19N3O5/c1-16-13-14-22(24(32)28-16)31-25(33)20-11-5-9-18(23(20)26(31)34)15-30(2)27(35)29-21-12-6-8-17-7-3-4-10-19(17)21;1-14-10-11-19(21(28)25-14)27-23(30)18-9-5-7-16(20(18)24(27)31)13-26(2)22(29)15-6-4-8-17(12-15)32-3;1-12-6-9-18(20(30)26-12)29-21(31)15-5-3-4-13(19(15)22(29)32)11-28(2)23(33)27-14-7-8-16(24)17(25)10-14;1-12-8-9-15(18(25)22-12)24-19(26)14-6-3-5-13(17(14)21(24)28)11-23(2)20(27)16-7-4-10-29-16/h3-12,22H,1,13-15H2,2H3,(H,28,32)(H,29,35);4-9,12,19H,1,10-11,13H2,2-3H3,(H,25,28);3-5,7-8,10,18H,1,6,9,11H2,2H3,(H,26,30)(H,27,33);3-7,10,15H,1,8-9,11H2,2H3,(H,22,25).